The molecule has 0 radical (unpaired) electrons. The number of rotatable bonds is 24. The smallest absolute Gasteiger partial charge is 0.389 e. The van der Waals surface area contributed by atoms with Crippen LogP contribution in [0.25, 0.3) is 0 Å². The minimum atomic E-state index is -4.60. The molecule has 0 amide bonds. The Kier molecular flexibility index (Phi) is 22.4. The van der Waals surface area contributed by atoms with Gasteiger partial charge in [-0.15, -0.1) is 0 Å². The predicted octanol–water partition coefficient (Wildman–Crippen LogP) is 6.77. The van der Waals surface area contributed by atoms with Crippen molar-refractivity contribution in [1.29, 1.82) is 0 Å². The number of aliphatic hydroxyl groups is 1. The van der Waals surface area contributed by atoms with Gasteiger partial charge in [0, 0.05) is 6.54 Å². The minimum absolute atomic E-state index is 0.0693. The molecule has 5 N–H and O–H groups in total. The van der Waals surface area contributed by atoms with Crippen molar-refractivity contribution in [2.24, 2.45) is 5.73 Å². The Balaban J connectivity index is 3.41. The van der Waals surface area contributed by atoms with Crippen LogP contribution >= 0.6 is 7.82 Å². The number of allylic oxidation sites excluding steroid dienone is 2. The molecule has 0 spiro atoms. The van der Waals surface area contributed by atoms with E-state index in [1.807, 2.05) is 0 Å². The van der Waals surface area contributed by atoms with Crippen LogP contribution in [0.3, 0.4) is 0 Å². The molecule has 32 heavy (non-hydrogen) atoms. The van der Waals surface area contributed by atoms with Crippen molar-refractivity contribution in [2.45, 2.75) is 141 Å². The zero-order valence-corrected chi connectivity index (χ0v) is 21.5. The molecule has 0 aromatic rings. The highest BCUT2D eigenvalue weighted by Gasteiger charge is 2.27. The first-order valence-electron chi connectivity index (χ1n) is 13.2. The van der Waals surface area contributed by atoms with E-state index >= 15 is 0 Å². The Labute approximate surface area is 197 Å². The Morgan fingerprint density at radius 3 is 1.56 bits per heavy atom. The fourth-order valence-electron chi connectivity index (χ4n) is 3.94. The number of unbranched alkanes of at least 4 members (excludes halogenated alkanes) is 16. The van der Waals surface area contributed by atoms with Gasteiger partial charge in [-0.05, 0) is 32.1 Å². The zero-order chi connectivity index (χ0) is 23.9. The highest BCUT2D eigenvalue weighted by atomic mass is 31.2. The summed E-state index contributed by atoms with van der Waals surface area (Å²) in [5.74, 6) is 0. The highest BCUT2D eigenvalue weighted by Crippen LogP contribution is 2.39. The summed E-state index contributed by atoms with van der Waals surface area (Å²) < 4.78 is 15.7. The summed E-state index contributed by atoms with van der Waals surface area (Å²) in [4.78, 5) is 17.9. The van der Waals surface area contributed by atoms with Gasteiger partial charge in [0.05, 0.1) is 12.2 Å². The molecule has 0 saturated carbocycles. The monoisotopic (exact) mass is 477 g/mol. The number of phosphoric ester groups is 1. The third-order valence-electron chi connectivity index (χ3n) is 5.94. The van der Waals surface area contributed by atoms with Gasteiger partial charge in [0.1, 0.15) is 0 Å². The van der Waals surface area contributed by atoms with Crippen molar-refractivity contribution in [1.82, 2.24) is 0 Å². The van der Waals surface area contributed by atoms with Crippen LogP contribution in [0.1, 0.15) is 129 Å². The van der Waals surface area contributed by atoms with Gasteiger partial charge >= 0.3 is 7.82 Å². The molecule has 6 nitrogen and oxygen atoms in total. The molecule has 2 unspecified atom stereocenters. The molecule has 0 rings (SSSR count). The lowest BCUT2D eigenvalue weighted by Gasteiger charge is -2.22. The van der Waals surface area contributed by atoms with Crippen LogP contribution in [0.4, 0.5) is 0 Å². The van der Waals surface area contributed by atoms with E-state index in [0.717, 1.165) is 19.3 Å². The quantitative estimate of drug-likeness (QED) is 0.0693. The van der Waals surface area contributed by atoms with Crippen molar-refractivity contribution in [3.8, 4) is 0 Å². The lowest BCUT2D eigenvalue weighted by Crippen LogP contribution is -2.34. The van der Waals surface area contributed by atoms with Crippen molar-refractivity contribution in [3.05, 3.63) is 12.2 Å². The van der Waals surface area contributed by atoms with Gasteiger partial charge in [0.15, 0.2) is 0 Å². The molecule has 0 bridgehead atoms. The van der Waals surface area contributed by atoms with Gasteiger partial charge in [0.2, 0.25) is 0 Å². The lowest BCUT2D eigenvalue weighted by atomic mass is 10.0. The van der Waals surface area contributed by atoms with Gasteiger partial charge < -0.3 is 20.6 Å². The summed E-state index contributed by atoms with van der Waals surface area (Å²) in [6, 6.07) is 0. The number of hydrogen-bond acceptors (Lipinski definition) is 4. The maximum Gasteiger partial charge on any atom is 0.469 e. The maximum atomic E-state index is 11.0. The summed E-state index contributed by atoms with van der Waals surface area (Å²) in [5.41, 5.74) is 5.38. The van der Waals surface area contributed by atoms with E-state index in [9.17, 15) is 9.67 Å². The first-order valence-corrected chi connectivity index (χ1v) is 14.7. The first kappa shape index (κ1) is 31.8. The van der Waals surface area contributed by atoms with Crippen molar-refractivity contribution >= 4 is 7.82 Å². The van der Waals surface area contributed by atoms with E-state index in [1.54, 1.807) is 0 Å². The van der Waals surface area contributed by atoms with Crippen molar-refractivity contribution in [3.63, 3.8) is 0 Å². The van der Waals surface area contributed by atoms with Gasteiger partial charge in [-0.2, -0.15) is 0 Å². The standard InChI is InChI=1S/C25H52NO5P/c1-2-3-4-5-6-7-8-9-10-11-12-13-14-15-16-17-18-19-20-21-22-25(24(27)23-26)31-32(28,29)30/h9-10,24-25,27H,2-8,11-23,26H2,1H3,(H2,28,29,30)/b10-9-. The molecule has 7 heteroatoms. The molecule has 0 heterocycles. The molecule has 2 atom stereocenters. The molecule has 0 aromatic carbocycles. The highest BCUT2D eigenvalue weighted by molar-refractivity contribution is 7.46. The van der Waals surface area contributed by atoms with Crippen LogP contribution in [-0.4, -0.2) is 33.6 Å². The van der Waals surface area contributed by atoms with Crippen LogP contribution in [0.15, 0.2) is 12.2 Å². The fraction of sp³-hybridized carbons (Fsp3) is 0.920. The summed E-state index contributed by atoms with van der Waals surface area (Å²) in [6.07, 6.45) is 25.7. The van der Waals surface area contributed by atoms with Crippen LogP contribution in [0.5, 0.6) is 0 Å². The Morgan fingerprint density at radius 2 is 1.16 bits per heavy atom. The fourth-order valence-corrected chi connectivity index (χ4v) is 4.54. The summed E-state index contributed by atoms with van der Waals surface area (Å²) in [5, 5.41) is 9.74. The number of phosphoric acid groups is 1. The van der Waals surface area contributed by atoms with Crippen LogP contribution < -0.4 is 5.73 Å². The molecule has 0 aliphatic carbocycles. The van der Waals surface area contributed by atoms with Gasteiger partial charge in [-0.1, -0.05) is 109 Å². The second kappa shape index (κ2) is 22.6. The summed E-state index contributed by atoms with van der Waals surface area (Å²) in [7, 11) is -4.60. The van der Waals surface area contributed by atoms with E-state index < -0.39 is 20.0 Å². The van der Waals surface area contributed by atoms with E-state index in [4.69, 9.17) is 15.5 Å². The Hall–Kier alpha value is -0.230. The van der Waals surface area contributed by atoms with Gasteiger partial charge in [0.25, 0.3) is 0 Å². The molecule has 0 aliphatic rings. The van der Waals surface area contributed by atoms with E-state index in [1.165, 1.54) is 96.3 Å². The van der Waals surface area contributed by atoms with Crippen LogP contribution in [-0.2, 0) is 9.09 Å². The second-order valence-electron chi connectivity index (χ2n) is 9.08. The third-order valence-corrected chi connectivity index (χ3v) is 6.49. The lowest BCUT2D eigenvalue weighted by molar-refractivity contribution is 0.0162. The number of hydrogen-bond donors (Lipinski definition) is 4. The molecule has 192 valence electrons. The Morgan fingerprint density at radius 1 is 0.750 bits per heavy atom. The summed E-state index contributed by atoms with van der Waals surface area (Å²) in [6.45, 7) is 2.19. The Bertz CT molecular complexity index is 469. The average Bonchev–Trinajstić information content (AvgIpc) is 2.75. The molecule has 0 saturated heterocycles. The summed E-state index contributed by atoms with van der Waals surface area (Å²) >= 11 is 0. The largest absolute Gasteiger partial charge is 0.469 e. The average molecular weight is 478 g/mol. The van der Waals surface area contributed by atoms with Gasteiger partial charge in [-0.3, -0.25) is 4.52 Å². The van der Waals surface area contributed by atoms with Crippen molar-refractivity contribution in [2.75, 3.05) is 6.54 Å². The predicted molar refractivity (Wildman–Crippen MR) is 135 cm³/mol. The molecule has 0 aromatic heterocycles. The molecular formula is C25H52NO5P. The zero-order valence-electron chi connectivity index (χ0n) is 20.6. The number of aliphatic hydroxyl groups excluding tert-OH is 1. The molecule has 0 aliphatic heterocycles. The van der Waals surface area contributed by atoms with E-state index in [-0.39, 0.29) is 6.54 Å². The van der Waals surface area contributed by atoms with Crippen LogP contribution in [0.2, 0.25) is 0 Å². The SMILES string of the molecule is CCCCCCCC/C=C\CCCCCCCCCCCCC(OP(=O)(O)O)C(O)CN. The second-order valence-corrected chi connectivity index (χ2v) is 10.3. The molecule has 0 fully saturated rings. The van der Waals surface area contributed by atoms with Gasteiger partial charge in [-0.25, -0.2) is 4.57 Å². The topological polar surface area (TPSA) is 113 Å². The van der Waals surface area contributed by atoms with E-state index in [2.05, 4.69) is 23.6 Å². The van der Waals surface area contributed by atoms with E-state index in [0.29, 0.717) is 6.42 Å². The van der Waals surface area contributed by atoms with Crippen molar-refractivity contribution < 1.29 is 24.0 Å². The van der Waals surface area contributed by atoms with Crippen LogP contribution in [0, 0.1) is 0 Å². The molecular weight excluding hydrogens is 425 g/mol. The normalized spacial score (nSPS) is 14.3. The number of nitrogens with two attached hydrogens (primary N) is 1. The maximum absolute atomic E-state index is 11.0. The third kappa shape index (κ3) is 22.9. The first-order chi connectivity index (χ1) is 15.4. The minimum Gasteiger partial charge on any atom is -0.389 e.